The fourth-order valence-electron chi connectivity index (χ4n) is 3.92. The number of aliphatic imine (C=N–C) groups is 1. The summed E-state index contributed by atoms with van der Waals surface area (Å²) in [4.78, 5) is 20.9. The van der Waals surface area contributed by atoms with Gasteiger partial charge in [0.25, 0.3) is 0 Å². The summed E-state index contributed by atoms with van der Waals surface area (Å²) < 4.78 is 5.17. The molecule has 0 unspecified atom stereocenters. The van der Waals surface area contributed by atoms with Gasteiger partial charge in [-0.1, -0.05) is 0 Å². The molecule has 8 heteroatoms. The summed E-state index contributed by atoms with van der Waals surface area (Å²) in [6.07, 6.45) is 5.25. The van der Waals surface area contributed by atoms with Crippen LogP contribution < -0.4 is 10.6 Å². The molecule has 0 aliphatic carbocycles. The molecule has 2 saturated heterocycles. The van der Waals surface area contributed by atoms with Crippen LogP contribution in [0, 0.1) is 11.8 Å². The van der Waals surface area contributed by atoms with Crippen molar-refractivity contribution in [2.75, 3.05) is 67.1 Å². The molecule has 0 spiro atoms. The van der Waals surface area contributed by atoms with E-state index in [1.807, 2.05) is 7.05 Å². The van der Waals surface area contributed by atoms with E-state index in [1.165, 1.54) is 25.9 Å². The number of halogens is 1. The van der Waals surface area contributed by atoms with Crippen molar-refractivity contribution < 1.29 is 9.53 Å². The number of likely N-dealkylation sites (tertiary alicyclic amines) is 2. The van der Waals surface area contributed by atoms with Crippen molar-refractivity contribution in [1.82, 2.24) is 20.4 Å². The number of guanidine groups is 1. The summed E-state index contributed by atoms with van der Waals surface area (Å²) in [6.45, 7) is 7.17. The number of hydrogen-bond acceptors (Lipinski definition) is 4. The molecule has 27 heavy (non-hydrogen) atoms. The predicted molar refractivity (Wildman–Crippen MR) is 121 cm³/mol. The molecule has 2 fully saturated rings. The molecule has 0 aromatic heterocycles. The molecule has 1 amide bonds. The zero-order valence-electron chi connectivity index (χ0n) is 17.2. The van der Waals surface area contributed by atoms with Gasteiger partial charge in [0.2, 0.25) is 5.91 Å². The smallest absolute Gasteiger partial charge is 0.220 e. The number of carbonyl (C=O) groups is 1. The number of piperidine rings is 2. The second kappa shape index (κ2) is 13.5. The van der Waals surface area contributed by atoms with Crippen molar-refractivity contribution in [2.24, 2.45) is 16.8 Å². The molecule has 158 valence electrons. The lowest BCUT2D eigenvalue weighted by Crippen LogP contribution is -2.48. The first-order chi connectivity index (χ1) is 12.7. The highest BCUT2D eigenvalue weighted by molar-refractivity contribution is 14.0. The average Bonchev–Trinajstić information content (AvgIpc) is 2.68. The van der Waals surface area contributed by atoms with Gasteiger partial charge in [0.15, 0.2) is 5.96 Å². The Morgan fingerprint density at radius 2 is 1.74 bits per heavy atom. The monoisotopic (exact) mass is 495 g/mol. The van der Waals surface area contributed by atoms with E-state index < -0.39 is 0 Å². The van der Waals surface area contributed by atoms with Crippen LogP contribution in [0.3, 0.4) is 0 Å². The van der Waals surface area contributed by atoms with Crippen LogP contribution in [0.25, 0.3) is 0 Å². The summed E-state index contributed by atoms with van der Waals surface area (Å²) in [7, 11) is 5.35. The fourth-order valence-corrected chi connectivity index (χ4v) is 3.92. The highest BCUT2D eigenvalue weighted by atomic mass is 127. The van der Waals surface area contributed by atoms with Crippen LogP contribution in [0.4, 0.5) is 0 Å². The lowest BCUT2D eigenvalue weighted by atomic mass is 9.93. The number of nitrogens with one attached hydrogen (secondary N) is 2. The van der Waals surface area contributed by atoms with Gasteiger partial charge in [-0.15, -0.1) is 24.0 Å². The maximum absolute atomic E-state index is 11.5. The van der Waals surface area contributed by atoms with E-state index in [-0.39, 0.29) is 29.9 Å². The summed E-state index contributed by atoms with van der Waals surface area (Å²) in [6, 6.07) is 0. The van der Waals surface area contributed by atoms with Crippen LogP contribution in [0.2, 0.25) is 0 Å². The Balaban J connectivity index is 0.00000364. The van der Waals surface area contributed by atoms with Gasteiger partial charge in [-0.05, 0) is 50.6 Å². The Morgan fingerprint density at radius 3 is 2.30 bits per heavy atom. The summed E-state index contributed by atoms with van der Waals surface area (Å²) in [5.74, 6) is 2.39. The van der Waals surface area contributed by atoms with E-state index >= 15 is 0 Å². The van der Waals surface area contributed by atoms with Crippen LogP contribution in [0.5, 0.6) is 0 Å². The first-order valence-electron chi connectivity index (χ1n) is 10.0. The van der Waals surface area contributed by atoms with Gasteiger partial charge in [0.1, 0.15) is 0 Å². The Labute approximate surface area is 181 Å². The van der Waals surface area contributed by atoms with E-state index in [9.17, 15) is 4.79 Å². The Bertz CT molecular complexity index is 447. The van der Waals surface area contributed by atoms with E-state index in [4.69, 9.17) is 4.74 Å². The molecule has 0 saturated carbocycles. The number of methoxy groups -OCH3 is 1. The number of hydrogen-bond donors (Lipinski definition) is 2. The average molecular weight is 495 g/mol. The van der Waals surface area contributed by atoms with Crippen molar-refractivity contribution >= 4 is 35.8 Å². The van der Waals surface area contributed by atoms with Crippen LogP contribution in [-0.2, 0) is 9.53 Å². The second-order valence-corrected chi connectivity index (χ2v) is 7.51. The molecule has 7 nitrogen and oxygen atoms in total. The van der Waals surface area contributed by atoms with Crippen molar-refractivity contribution in [3.05, 3.63) is 0 Å². The van der Waals surface area contributed by atoms with E-state index in [2.05, 4.69) is 25.4 Å². The number of ether oxygens (including phenoxy) is 1. The van der Waals surface area contributed by atoms with Gasteiger partial charge >= 0.3 is 0 Å². The third-order valence-corrected chi connectivity index (χ3v) is 5.75. The molecule has 0 radical (unpaired) electrons. The first-order valence-corrected chi connectivity index (χ1v) is 10.0. The number of amides is 1. The Hall–Kier alpha value is -0.610. The van der Waals surface area contributed by atoms with Crippen LogP contribution in [0.15, 0.2) is 4.99 Å². The summed E-state index contributed by atoms with van der Waals surface area (Å²) in [5.41, 5.74) is 0. The first kappa shape index (κ1) is 24.4. The maximum atomic E-state index is 11.5. The lowest BCUT2D eigenvalue weighted by Gasteiger charge is -2.36. The number of nitrogens with zero attached hydrogens (tertiary/aromatic N) is 3. The molecule has 2 rings (SSSR count). The van der Waals surface area contributed by atoms with Gasteiger partial charge in [-0.3, -0.25) is 9.79 Å². The Kier molecular flexibility index (Phi) is 12.3. The van der Waals surface area contributed by atoms with E-state index in [1.54, 1.807) is 14.2 Å². The van der Waals surface area contributed by atoms with Gasteiger partial charge < -0.3 is 25.2 Å². The fraction of sp³-hybridized carbons (Fsp3) is 0.895. The minimum atomic E-state index is 0. The van der Waals surface area contributed by atoms with E-state index in [0.717, 1.165) is 57.5 Å². The molecule has 2 aliphatic heterocycles. The molecule has 2 N–H and O–H groups in total. The topological polar surface area (TPSA) is 69.2 Å². The van der Waals surface area contributed by atoms with Crippen molar-refractivity contribution in [3.8, 4) is 0 Å². The quantitative estimate of drug-likeness (QED) is 0.318. The van der Waals surface area contributed by atoms with Gasteiger partial charge in [0, 0.05) is 53.8 Å². The molecular formula is C19H38IN5O2. The third kappa shape index (κ3) is 8.51. The molecular weight excluding hydrogens is 457 g/mol. The molecule has 0 bridgehead atoms. The number of rotatable bonds is 7. The van der Waals surface area contributed by atoms with Crippen LogP contribution in [-0.4, -0.2) is 88.7 Å². The van der Waals surface area contributed by atoms with Crippen molar-refractivity contribution in [3.63, 3.8) is 0 Å². The summed E-state index contributed by atoms with van der Waals surface area (Å²) in [5, 5.41) is 6.32. The van der Waals surface area contributed by atoms with Crippen molar-refractivity contribution in [1.29, 1.82) is 0 Å². The molecule has 2 heterocycles. The van der Waals surface area contributed by atoms with Crippen molar-refractivity contribution in [2.45, 2.75) is 32.1 Å². The summed E-state index contributed by atoms with van der Waals surface area (Å²) >= 11 is 0. The minimum Gasteiger partial charge on any atom is -0.383 e. The van der Waals surface area contributed by atoms with Crippen LogP contribution >= 0.6 is 24.0 Å². The highest BCUT2D eigenvalue weighted by Gasteiger charge is 2.24. The maximum Gasteiger partial charge on any atom is 0.220 e. The van der Waals surface area contributed by atoms with E-state index in [0.29, 0.717) is 12.3 Å². The van der Waals surface area contributed by atoms with Gasteiger partial charge in [-0.2, -0.15) is 0 Å². The van der Waals surface area contributed by atoms with Gasteiger partial charge in [0.05, 0.1) is 6.61 Å². The second-order valence-electron chi connectivity index (χ2n) is 7.51. The zero-order valence-corrected chi connectivity index (χ0v) is 19.5. The van der Waals surface area contributed by atoms with Crippen LogP contribution in [0.1, 0.15) is 32.1 Å². The number of carbonyl (C=O) groups excluding carboxylic acids is 1. The molecule has 2 aliphatic rings. The largest absolute Gasteiger partial charge is 0.383 e. The molecule has 0 aromatic rings. The Morgan fingerprint density at radius 1 is 1.11 bits per heavy atom. The molecule has 0 atom stereocenters. The minimum absolute atomic E-state index is 0. The predicted octanol–water partition coefficient (Wildman–Crippen LogP) is 1.39. The zero-order chi connectivity index (χ0) is 18.8. The molecule has 0 aromatic carbocycles. The standard InChI is InChI=1S/C19H37N5O2.HI/c1-20-18(25)14-16-6-10-24(11-7-16)19(21-2)22-15-17-4-8-23(9-5-17)12-13-26-3;/h16-17H,4-15H2,1-3H3,(H,20,25)(H,21,22);1H. The third-order valence-electron chi connectivity index (χ3n) is 5.75. The lowest BCUT2D eigenvalue weighted by molar-refractivity contribution is -0.121. The highest BCUT2D eigenvalue weighted by Crippen LogP contribution is 2.21. The SMILES string of the molecule is CN=C(NCC1CCN(CCOC)CC1)N1CCC(CC(=O)NC)CC1.I. The normalized spacial score (nSPS) is 20.3. The van der Waals surface area contributed by atoms with Gasteiger partial charge in [-0.25, -0.2) is 0 Å².